The van der Waals surface area contributed by atoms with Gasteiger partial charge in [0.05, 0.1) is 11.1 Å². The quantitative estimate of drug-likeness (QED) is 0.453. The molecule has 3 fully saturated rings. The summed E-state index contributed by atoms with van der Waals surface area (Å²) in [5.41, 5.74) is 1.13. The molecule has 0 unspecified atom stereocenters. The fourth-order valence-electron chi connectivity index (χ4n) is 6.53. The Balaban J connectivity index is 1.37. The summed E-state index contributed by atoms with van der Waals surface area (Å²) in [6.45, 7) is 1.78. The first-order valence-corrected chi connectivity index (χ1v) is 13.1. The van der Waals surface area contributed by atoms with Crippen LogP contribution in [0.15, 0.2) is 54.6 Å². The molecule has 0 radical (unpaired) electrons. The van der Waals surface area contributed by atoms with Crippen molar-refractivity contribution in [3.05, 3.63) is 71.3 Å². The van der Waals surface area contributed by atoms with E-state index in [1.165, 1.54) is 37.0 Å². The highest BCUT2D eigenvalue weighted by atomic mass is 19.4. The van der Waals surface area contributed by atoms with Crippen LogP contribution < -0.4 is 0 Å². The number of hydrogen-bond acceptors (Lipinski definition) is 2. The molecule has 7 heteroatoms. The molecule has 3 aliphatic rings. The minimum absolute atomic E-state index is 0.0406. The average molecular weight is 500 g/mol. The summed E-state index contributed by atoms with van der Waals surface area (Å²) in [4.78, 5) is 20.1. The number of urea groups is 1. The molecule has 1 saturated heterocycles. The van der Waals surface area contributed by atoms with Crippen molar-refractivity contribution in [1.29, 1.82) is 0 Å². The van der Waals surface area contributed by atoms with Crippen LogP contribution >= 0.6 is 0 Å². The molecule has 1 heterocycles. The van der Waals surface area contributed by atoms with Crippen molar-refractivity contribution in [1.82, 2.24) is 14.7 Å². The van der Waals surface area contributed by atoms with Crippen LogP contribution in [0.3, 0.4) is 0 Å². The summed E-state index contributed by atoms with van der Waals surface area (Å²) in [7, 11) is 4.29. The second kappa shape index (κ2) is 9.40. The van der Waals surface area contributed by atoms with Crippen LogP contribution in [-0.2, 0) is 18.3 Å². The molecule has 2 aliphatic carbocycles. The SMILES string of the molecule is CN(C)C1(c2ccccc2)CCC2(CC1)CN(Cc1ccc(C(F)(F)F)cc1)C(=O)N2CC1CCC1. The van der Waals surface area contributed by atoms with Crippen LogP contribution in [0.25, 0.3) is 0 Å². The topological polar surface area (TPSA) is 26.8 Å². The Morgan fingerprint density at radius 3 is 2.11 bits per heavy atom. The van der Waals surface area contributed by atoms with Gasteiger partial charge in [-0.05, 0) is 81.8 Å². The van der Waals surface area contributed by atoms with Crippen molar-refractivity contribution in [3.8, 4) is 0 Å². The highest BCUT2D eigenvalue weighted by Crippen LogP contribution is 2.49. The minimum atomic E-state index is -4.36. The van der Waals surface area contributed by atoms with Crippen LogP contribution in [0.1, 0.15) is 61.6 Å². The van der Waals surface area contributed by atoms with Gasteiger partial charge in [0.15, 0.2) is 0 Å². The highest BCUT2D eigenvalue weighted by Gasteiger charge is 2.54. The fraction of sp³-hybridized carbons (Fsp3) is 0.552. The van der Waals surface area contributed by atoms with Crippen LogP contribution in [0.2, 0.25) is 0 Å². The number of halogens is 3. The molecule has 2 aromatic rings. The highest BCUT2D eigenvalue weighted by molar-refractivity contribution is 5.78. The molecule has 4 nitrogen and oxygen atoms in total. The lowest BCUT2D eigenvalue weighted by molar-refractivity contribution is -0.137. The van der Waals surface area contributed by atoms with Gasteiger partial charge in [0, 0.05) is 25.2 Å². The minimum Gasteiger partial charge on any atom is -0.318 e. The molecule has 2 amide bonds. The van der Waals surface area contributed by atoms with Crippen molar-refractivity contribution in [3.63, 3.8) is 0 Å². The average Bonchev–Trinajstić information content (AvgIpc) is 3.07. The van der Waals surface area contributed by atoms with E-state index in [4.69, 9.17) is 0 Å². The van der Waals surface area contributed by atoms with Gasteiger partial charge in [0.25, 0.3) is 0 Å². The molecule has 36 heavy (non-hydrogen) atoms. The van der Waals surface area contributed by atoms with Crippen molar-refractivity contribution >= 4 is 6.03 Å². The van der Waals surface area contributed by atoms with E-state index in [0.717, 1.165) is 49.9 Å². The van der Waals surface area contributed by atoms with E-state index in [2.05, 4.69) is 48.2 Å². The Labute approximate surface area is 212 Å². The van der Waals surface area contributed by atoms with Crippen molar-refractivity contribution in [2.45, 2.75) is 68.7 Å². The molecular formula is C29H36F3N3O. The number of carbonyl (C=O) groups excluding carboxylic acids is 1. The monoisotopic (exact) mass is 499 g/mol. The predicted molar refractivity (Wildman–Crippen MR) is 134 cm³/mol. The molecule has 0 bridgehead atoms. The lowest BCUT2D eigenvalue weighted by Gasteiger charge is -2.51. The maximum absolute atomic E-state index is 13.7. The summed E-state index contributed by atoms with van der Waals surface area (Å²) >= 11 is 0. The van der Waals surface area contributed by atoms with E-state index < -0.39 is 11.7 Å². The van der Waals surface area contributed by atoms with Gasteiger partial charge in [-0.15, -0.1) is 0 Å². The van der Waals surface area contributed by atoms with Gasteiger partial charge in [-0.2, -0.15) is 13.2 Å². The van der Waals surface area contributed by atoms with Crippen LogP contribution in [0.4, 0.5) is 18.0 Å². The maximum atomic E-state index is 13.7. The molecule has 5 rings (SSSR count). The number of alkyl halides is 3. The van der Waals surface area contributed by atoms with Gasteiger partial charge in [0.1, 0.15) is 0 Å². The summed E-state index contributed by atoms with van der Waals surface area (Å²) < 4.78 is 39.0. The molecule has 1 aliphatic heterocycles. The van der Waals surface area contributed by atoms with Gasteiger partial charge in [0.2, 0.25) is 0 Å². The smallest absolute Gasteiger partial charge is 0.318 e. The van der Waals surface area contributed by atoms with Gasteiger partial charge >= 0.3 is 12.2 Å². The largest absolute Gasteiger partial charge is 0.416 e. The Morgan fingerprint density at radius 1 is 0.944 bits per heavy atom. The molecule has 0 aromatic heterocycles. The van der Waals surface area contributed by atoms with Crippen LogP contribution in [-0.4, -0.2) is 53.5 Å². The van der Waals surface area contributed by atoms with Crippen LogP contribution in [0.5, 0.6) is 0 Å². The lowest BCUT2D eigenvalue weighted by atomic mass is 9.68. The standard InChI is InChI=1S/C29H36F3N3O/c1-33(2)28(24-9-4-3-5-10-24)17-15-27(16-18-28)21-34(26(36)35(27)20-22-7-6-8-22)19-23-11-13-25(14-12-23)29(30,31)32/h3-5,9-14,22H,6-8,15-21H2,1-2H3. The van der Waals surface area contributed by atoms with Gasteiger partial charge in [-0.1, -0.05) is 48.9 Å². The Kier molecular flexibility index (Phi) is 6.56. The summed E-state index contributed by atoms with van der Waals surface area (Å²) in [6.07, 6.45) is 2.98. The molecule has 0 N–H and O–H groups in total. The second-order valence-electron chi connectivity index (χ2n) is 11.3. The predicted octanol–water partition coefficient (Wildman–Crippen LogP) is 6.51. The first-order valence-electron chi connectivity index (χ1n) is 13.1. The fourth-order valence-corrected chi connectivity index (χ4v) is 6.53. The van der Waals surface area contributed by atoms with E-state index in [1.807, 2.05) is 11.0 Å². The van der Waals surface area contributed by atoms with Crippen molar-refractivity contribution in [2.24, 2.45) is 5.92 Å². The van der Waals surface area contributed by atoms with Crippen molar-refractivity contribution < 1.29 is 18.0 Å². The number of amides is 2. The summed E-state index contributed by atoms with van der Waals surface area (Å²) in [5, 5.41) is 0. The normalized spacial score (nSPS) is 27.2. The lowest BCUT2D eigenvalue weighted by Crippen LogP contribution is -2.56. The molecule has 1 spiro atoms. The van der Waals surface area contributed by atoms with E-state index in [0.29, 0.717) is 19.0 Å². The van der Waals surface area contributed by atoms with E-state index in [-0.39, 0.29) is 17.1 Å². The molecular weight excluding hydrogens is 463 g/mol. The Morgan fingerprint density at radius 2 is 1.58 bits per heavy atom. The number of nitrogens with zero attached hydrogens (tertiary/aromatic N) is 3. The summed E-state index contributed by atoms with van der Waals surface area (Å²) in [5.74, 6) is 0.562. The first kappa shape index (κ1) is 25.1. The van der Waals surface area contributed by atoms with Gasteiger partial charge < -0.3 is 9.80 Å². The maximum Gasteiger partial charge on any atom is 0.416 e. The second-order valence-corrected chi connectivity index (χ2v) is 11.3. The molecule has 194 valence electrons. The van der Waals surface area contributed by atoms with E-state index in [1.54, 1.807) is 0 Å². The number of carbonyl (C=O) groups is 1. The number of benzene rings is 2. The third kappa shape index (κ3) is 4.51. The van der Waals surface area contributed by atoms with Crippen LogP contribution in [0, 0.1) is 5.92 Å². The van der Waals surface area contributed by atoms with Gasteiger partial charge in [-0.3, -0.25) is 4.90 Å². The zero-order chi connectivity index (χ0) is 25.6. The summed E-state index contributed by atoms with van der Waals surface area (Å²) in [6, 6.07) is 15.9. The zero-order valence-electron chi connectivity index (χ0n) is 21.2. The Hall–Kier alpha value is -2.54. The van der Waals surface area contributed by atoms with E-state index in [9.17, 15) is 18.0 Å². The van der Waals surface area contributed by atoms with E-state index >= 15 is 0 Å². The molecule has 2 saturated carbocycles. The Bertz CT molecular complexity index is 1060. The zero-order valence-corrected chi connectivity index (χ0v) is 21.2. The third-order valence-electron chi connectivity index (χ3n) is 9.05. The number of rotatable bonds is 6. The molecule has 2 aromatic carbocycles. The first-order chi connectivity index (χ1) is 17.1. The molecule has 0 atom stereocenters. The third-order valence-corrected chi connectivity index (χ3v) is 9.05. The number of hydrogen-bond donors (Lipinski definition) is 0. The van der Waals surface area contributed by atoms with Gasteiger partial charge in [-0.25, -0.2) is 4.79 Å². The van der Waals surface area contributed by atoms with Crippen molar-refractivity contribution in [2.75, 3.05) is 27.2 Å².